The van der Waals surface area contributed by atoms with Crippen molar-refractivity contribution in [2.24, 2.45) is 5.92 Å². The van der Waals surface area contributed by atoms with Gasteiger partial charge < -0.3 is 5.32 Å². The van der Waals surface area contributed by atoms with E-state index >= 15 is 0 Å². The lowest BCUT2D eigenvalue weighted by Crippen LogP contribution is -2.63. The zero-order valence-electron chi connectivity index (χ0n) is 11.0. The monoisotopic (exact) mass is 302 g/mol. The van der Waals surface area contributed by atoms with Gasteiger partial charge in [0.15, 0.2) is 5.69 Å². The van der Waals surface area contributed by atoms with Crippen molar-refractivity contribution >= 4 is 30.5 Å². The fourth-order valence-electron chi connectivity index (χ4n) is 4.72. The van der Waals surface area contributed by atoms with Crippen LogP contribution in [0.25, 0.3) is 0 Å². The number of aromatic nitrogens is 1. The molecule has 106 valence electrons. The molecule has 2 bridgehead atoms. The Labute approximate surface area is 127 Å². The lowest BCUT2D eigenvalue weighted by Gasteiger charge is -2.46. The number of quaternary nitrogens is 1. The van der Waals surface area contributed by atoms with E-state index in [0.717, 1.165) is 5.92 Å². The van der Waals surface area contributed by atoms with Gasteiger partial charge in [-0.1, -0.05) is 0 Å². The summed E-state index contributed by atoms with van der Waals surface area (Å²) in [7, 11) is 0. The highest BCUT2D eigenvalue weighted by atomic mass is 35.5. The third kappa shape index (κ3) is 1.90. The van der Waals surface area contributed by atoms with E-state index in [4.69, 9.17) is 0 Å². The Morgan fingerprint density at radius 2 is 2.26 bits per heavy atom. The van der Waals surface area contributed by atoms with Gasteiger partial charge >= 0.3 is 0 Å². The first-order valence-electron chi connectivity index (χ1n) is 6.83. The summed E-state index contributed by atoms with van der Waals surface area (Å²) in [4.78, 5) is 4.36. The average Bonchev–Trinajstić information content (AvgIpc) is 3.06. The van der Waals surface area contributed by atoms with E-state index in [2.05, 4.69) is 28.6 Å². The number of hydrogen-bond acceptors (Lipinski definition) is 2. The van der Waals surface area contributed by atoms with Crippen molar-refractivity contribution in [3.63, 3.8) is 0 Å². The van der Waals surface area contributed by atoms with Crippen LogP contribution < -0.4 is 9.80 Å². The summed E-state index contributed by atoms with van der Waals surface area (Å²) in [6.07, 6.45) is 8.18. The molecule has 3 saturated heterocycles. The van der Waals surface area contributed by atoms with E-state index in [9.17, 15) is 0 Å². The number of nitrogens with zero attached hydrogens (tertiary/aromatic N) is 2. The maximum absolute atomic E-state index is 4.36. The minimum absolute atomic E-state index is 0. The van der Waals surface area contributed by atoms with Gasteiger partial charge in [0, 0.05) is 44.0 Å². The van der Waals surface area contributed by atoms with Crippen LogP contribution in [0.1, 0.15) is 19.3 Å². The Kier molecular flexibility index (Phi) is 4.12. The highest BCUT2D eigenvalue weighted by Crippen LogP contribution is 2.52. The zero-order valence-corrected chi connectivity index (χ0v) is 12.7. The molecule has 0 saturated carbocycles. The van der Waals surface area contributed by atoms with Gasteiger partial charge in [0.1, 0.15) is 5.54 Å². The maximum Gasteiger partial charge on any atom is 0.151 e. The van der Waals surface area contributed by atoms with Gasteiger partial charge in [0.05, 0.1) is 25.8 Å². The molecule has 3 fully saturated rings. The van der Waals surface area contributed by atoms with E-state index in [1.807, 2.05) is 6.20 Å². The van der Waals surface area contributed by atoms with Crippen molar-refractivity contribution in [3.8, 4) is 0 Å². The Morgan fingerprint density at radius 1 is 1.37 bits per heavy atom. The predicted octanol–water partition coefficient (Wildman–Crippen LogP) is 2.39. The van der Waals surface area contributed by atoms with Gasteiger partial charge in [-0.3, -0.25) is 9.47 Å². The number of hydrogen-bond donors (Lipinski definition) is 1. The van der Waals surface area contributed by atoms with Crippen molar-refractivity contribution in [2.45, 2.75) is 24.8 Å². The molecule has 3 atom stereocenters. The van der Waals surface area contributed by atoms with Gasteiger partial charge in [-0.25, -0.2) is 0 Å². The molecule has 3 aliphatic heterocycles. The normalized spacial score (nSPS) is 39.1. The van der Waals surface area contributed by atoms with Crippen LogP contribution in [0.2, 0.25) is 0 Å². The third-order valence-electron chi connectivity index (χ3n) is 5.43. The van der Waals surface area contributed by atoms with Gasteiger partial charge in [0.25, 0.3) is 0 Å². The number of nitrogens with one attached hydrogen (secondary N) is 1. The highest BCUT2D eigenvalue weighted by molar-refractivity contribution is 5.85. The summed E-state index contributed by atoms with van der Waals surface area (Å²) in [6, 6.07) is 4.39. The first-order chi connectivity index (χ1) is 8.35. The van der Waals surface area contributed by atoms with Crippen LogP contribution >= 0.6 is 24.8 Å². The fraction of sp³-hybridized carbons (Fsp3) is 0.643. The van der Waals surface area contributed by atoms with E-state index < -0.39 is 0 Å². The number of fused-ring (bicyclic) bond motifs is 3. The number of piperidine rings is 1. The fourth-order valence-corrected chi connectivity index (χ4v) is 4.72. The molecule has 0 amide bonds. The van der Waals surface area contributed by atoms with Crippen LogP contribution in [-0.4, -0.2) is 36.7 Å². The van der Waals surface area contributed by atoms with E-state index in [-0.39, 0.29) is 24.8 Å². The maximum atomic E-state index is 4.36. The Balaban J connectivity index is 0.000000667. The molecule has 0 aromatic carbocycles. The predicted molar refractivity (Wildman–Crippen MR) is 83.2 cm³/mol. The Morgan fingerprint density at radius 3 is 2.89 bits per heavy atom. The standard InChI is InChI=1S/C14H20N3.2ClH/c1-2-13(9-15-5-1)17-7-3-12(10-17)8-14(17)4-6-16-11-14;;/h1-2,5,9,12,16H,3-4,6-8,10-11H2;2*1H/q+1;;. The molecule has 4 heterocycles. The molecule has 0 aliphatic carbocycles. The summed E-state index contributed by atoms with van der Waals surface area (Å²) >= 11 is 0. The second kappa shape index (κ2) is 5.21. The van der Waals surface area contributed by atoms with Gasteiger partial charge in [0.2, 0.25) is 0 Å². The Bertz CT molecular complexity index is 434. The van der Waals surface area contributed by atoms with Crippen LogP contribution in [0, 0.1) is 5.92 Å². The van der Waals surface area contributed by atoms with Crippen molar-refractivity contribution < 1.29 is 0 Å². The second-order valence-electron chi connectivity index (χ2n) is 6.10. The van der Waals surface area contributed by atoms with Crippen molar-refractivity contribution in [1.29, 1.82) is 0 Å². The molecule has 1 aromatic heterocycles. The lowest BCUT2D eigenvalue weighted by atomic mass is 9.85. The minimum atomic E-state index is 0. The molecule has 3 unspecified atom stereocenters. The van der Waals surface area contributed by atoms with Crippen LogP contribution in [0.4, 0.5) is 5.69 Å². The van der Waals surface area contributed by atoms with Crippen molar-refractivity contribution in [1.82, 2.24) is 14.8 Å². The Hall–Kier alpha value is -0.350. The van der Waals surface area contributed by atoms with Crippen molar-refractivity contribution in [2.75, 3.05) is 26.2 Å². The summed E-state index contributed by atoms with van der Waals surface area (Å²) in [5, 5.41) is 3.60. The van der Waals surface area contributed by atoms with Crippen LogP contribution in [0.5, 0.6) is 0 Å². The topological polar surface area (TPSA) is 24.9 Å². The summed E-state index contributed by atoms with van der Waals surface area (Å²) in [6.45, 7) is 5.09. The SMILES string of the molecule is Cl.Cl.c1cncc([N+]23CCC(CC24CCNC4)C3)c1. The lowest BCUT2D eigenvalue weighted by molar-refractivity contribution is 0.155. The smallest absolute Gasteiger partial charge is 0.151 e. The third-order valence-corrected chi connectivity index (χ3v) is 5.43. The quantitative estimate of drug-likeness (QED) is 0.806. The number of rotatable bonds is 1. The van der Waals surface area contributed by atoms with Gasteiger partial charge in [-0.15, -0.1) is 24.8 Å². The summed E-state index contributed by atoms with van der Waals surface area (Å²) in [5.74, 6) is 0.954. The average molecular weight is 303 g/mol. The van der Waals surface area contributed by atoms with Crippen LogP contribution in [0.15, 0.2) is 24.5 Å². The zero-order chi connectivity index (χ0) is 11.3. The molecule has 1 spiro atoms. The van der Waals surface area contributed by atoms with Crippen LogP contribution in [-0.2, 0) is 0 Å². The molecule has 1 aromatic rings. The molecule has 5 heteroatoms. The summed E-state index contributed by atoms with van der Waals surface area (Å²) in [5.41, 5.74) is 1.95. The van der Waals surface area contributed by atoms with Crippen LogP contribution in [0.3, 0.4) is 0 Å². The molecule has 0 radical (unpaired) electrons. The molecule has 1 N–H and O–H groups in total. The van der Waals surface area contributed by atoms with E-state index in [0.29, 0.717) is 5.54 Å². The molecule has 3 nitrogen and oxygen atoms in total. The van der Waals surface area contributed by atoms with E-state index in [1.165, 1.54) is 55.6 Å². The molecule has 4 rings (SSSR count). The minimum Gasteiger partial charge on any atom is -0.311 e. The first-order valence-corrected chi connectivity index (χ1v) is 6.83. The van der Waals surface area contributed by atoms with Crippen molar-refractivity contribution in [3.05, 3.63) is 24.5 Å². The largest absolute Gasteiger partial charge is 0.311 e. The number of halogens is 2. The highest BCUT2D eigenvalue weighted by Gasteiger charge is 2.64. The van der Waals surface area contributed by atoms with Gasteiger partial charge in [-0.2, -0.15) is 0 Å². The molecule has 3 aliphatic rings. The molecular formula is C14H22Cl2N3+. The second-order valence-corrected chi connectivity index (χ2v) is 6.10. The first kappa shape index (κ1) is 15.0. The molecule has 19 heavy (non-hydrogen) atoms. The van der Waals surface area contributed by atoms with Gasteiger partial charge in [-0.05, 0) is 6.07 Å². The van der Waals surface area contributed by atoms with E-state index in [1.54, 1.807) is 0 Å². The molecular weight excluding hydrogens is 281 g/mol. The summed E-state index contributed by atoms with van der Waals surface area (Å²) < 4.78 is 1.22. The number of pyridine rings is 1.